The van der Waals surface area contributed by atoms with Gasteiger partial charge in [-0.05, 0) is 54.5 Å². The van der Waals surface area contributed by atoms with Crippen LogP contribution in [0.15, 0.2) is 58.5 Å². The van der Waals surface area contributed by atoms with E-state index in [2.05, 4.69) is 16.2 Å². The summed E-state index contributed by atoms with van der Waals surface area (Å²) in [6, 6.07) is 17.3. The first-order valence-electron chi connectivity index (χ1n) is 9.04. The van der Waals surface area contributed by atoms with Crippen LogP contribution < -0.4 is 11.3 Å². The van der Waals surface area contributed by atoms with Gasteiger partial charge < -0.3 is 15.9 Å². The Hall–Kier alpha value is -3.59. The number of nitrogens with zero attached hydrogens (tertiary/aromatic N) is 2. The standard InChI is InChI=1S/C22H22N4O2/c1-3-15-10-16-7-8-18(11-19(16)25-21(15)27)22(2,13-23)12-14-5-4-6-17(9-14)20(24)26-28/h4-11,28H,3,12H2,1-2H3,(H2,24,26)(H,25,27). The maximum Gasteiger partial charge on any atom is 0.251 e. The fourth-order valence-corrected chi connectivity index (χ4v) is 3.36. The van der Waals surface area contributed by atoms with Gasteiger partial charge in [0.1, 0.15) is 0 Å². The lowest BCUT2D eigenvalue weighted by molar-refractivity contribution is 0.318. The Labute approximate surface area is 162 Å². The maximum absolute atomic E-state index is 12.2. The van der Waals surface area contributed by atoms with Crippen LogP contribution in [0.5, 0.6) is 0 Å². The number of rotatable bonds is 5. The van der Waals surface area contributed by atoms with Crippen LogP contribution in [0.2, 0.25) is 0 Å². The fraction of sp³-hybridized carbons (Fsp3) is 0.227. The Morgan fingerprint density at radius 3 is 2.75 bits per heavy atom. The lowest BCUT2D eigenvalue weighted by atomic mass is 9.78. The monoisotopic (exact) mass is 374 g/mol. The summed E-state index contributed by atoms with van der Waals surface area (Å²) in [6.45, 7) is 3.81. The summed E-state index contributed by atoms with van der Waals surface area (Å²) in [5.74, 6) is 0.0236. The Morgan fingerprint density at radius 1 is 1.29 bits per heavy atom. The first kappa shape index (κ1) is 19.2. The minimum atomic E-state index is -0.807. The molecule has 0 spiro atoms. The number of aryl methyl sites for hydroxylation is 1. The van der Waals surface area contributed by atoms with Gasteiger partial charge in [-0.2, -0.15) is 5.26 Å². The van der Waals surface area contributed by atoms with E-state index < -0.39 is 5.41 Å². The molecule has 142 valence electrons. The summed E-state index contributed by atoms with van der Waals surface area (Å²) in [6.07, 6.45) is 1.11. The maximum atomic E-state index is 12.2. The molecule has 0 radical (unpaired) electrons. The van der Waals surface area contributed by atoms with Crippen LogP contribution in [-0.4, -0.2) is 16.0 Å². The predicted octanol–water partition coefficient (Wildman–Crippen LogP) is 3.21. The van der Waals surface area contributed by atoms with Gasteiger partial charge in [-0.3, -0.25) is 4.79 Å². The number of aromatic amines is 1. The van der Waals surface area contributed by atoms with E-state index in [1.54, 1.807) is 12.1 Å². The molecular weight excluding hydrogens is 352 g/mol. The number of aromatic nitrogens is 1. The number of hydrogen-bond donors (Lipinski definition) is 3. The summed E-state index contributed by atoms with van der Waals surface area (Å²) in [4.78, 5) is 15.1. The van der Waals surface area contributed by atoms with Gasteiger partial charge in [-0.15, -0.1) is 0 Å². The molecule has 1 heterocycles. The molecular formula is C22H22N4O2. The topological polar surface area (TPSA) is 115 Å². The molecule has 0 fully saturated rings. The van der Waals surface area contributed by atoms with Gasteiger partial charge in [-0.25, -0.2) is 0 Å². The highest BCUT2D eigenvalue weighted by molar-refractivity contribution is 5.97. The number of H-pyrrole nitrogens is 1. The van der Waals surface area contributed by atoms with Crippen LogP contribution >= 0.6 is 0 Å². The second-order valence-electron chi connectivity index (χ2n) is 7.09. The number of nitrogens with two attached hydrogens (primary N) is 1. The van der Waals surface area contributed by atoms with Crippen molar-refractivity contribution in [1.29, 1.82) is 5.26 Å². The molecule has 1 atom stereocenters. The number of benzene rings is 2. The summed E-state index contributed by atoms with van der Waals surface area (Å²) >= 11 is 0. The lowest BCUT2D eigenvalue weighted by Crippen LogP contribution is -2.23. The highest BCUT2D eigenvalue weighted by atomic mass is 16.4. The average molecular weight is 374 g/mol. The van der Waals surface area contributed by atoms with Crippen LogP contribution in [0.4, 0.5) is 0 Å². The van der Waals surface area contributed by atoms with E-state index in [0.717, 1.165) is 22.1 Å². The Bertz CT molecular complexity index is 1160. The van der Waals surface area contributed by atoms with Crippen molar-refractivity contribution in [3.8, 4) is 6.07 Å². The quantitative estimate of drug-likeness (QED) is 0.275. The number of hydrogen-bond acceptors (Lipinski definition) is 4. The molecule has 2 aromatic carbocycles. The molecule has 1 aromatic heterocycles. The average Bonchev–Trinajstić information content (AvgIpc) is 2.72. The van der Waals surface area contributed by atoms with E-state index in [1.165, 1.54) is 0 Å². The molecule has 0 aliphatic heterocycles. The van der Waals surface area contributed by atoms with Crippen LogP contribution in [0.1, 0.15) is 36.1 Å². The molecule has 6 heteroatoms. The molecule has 0 saturated carbocycles. The zero-order valence-corrected chi connectivity index (χ0v) is 15.9. The Kier molecular flexibility index (Phi) is 5.18. The Morgan fingerprint density at radius 2 is 2.07 bits per heavy atom. The normalized spacial score (nSPS) is 13.8. The van der Waals surface area contributed by atoms with Gasteiger partial charge in [-0.1, -0.05) is 42.4 Å². The largest absolute Gasteiger partial charge is 0.409 e. The van der Waals surface area contributed by atoms with Gasteiger partial charge in [0, 0.05) is 16.6 Å². The van der Waals surface area contributed by atoms with Crippen LogP contribution in [0.3, 0.4) is 0 Å². The lowest BCUT2D eigenvalue weighted by Gasteiger charge is -2.23. The number of oxime groups is 1. The third-order valence-electron chi connectivity index (χ3n) is 5.08. The molecule has 3 aromatic rings. The highest BCUT2D eigenvalue weighted by Crippen LogP contribution is 2.30. The first-order valence-corrected chi connectivity index (χ1v) is 9.04. The van der Waals surface area contributed by atoms with Crippen molar-refractivity contribution in [2.45, 2.75) is 32.1 Å². The number of pyridine rings is 1. The molecule has 28 heavy (non-hydrogen) atoms. The van der Waals surface area contributed by atoms with Gasteiger partial charge in [0.2, 0.25) is 0 Å². The first-order chi connectivity index (χ1) is 13.4. The predicted molar refractivity (Wildman–Crippen MR) is 110 cm³/mol. The zero-order chi connectivity index (χ0) is 20.3. The van der Waals surface area contributed by atoms with Crippen molar-refractivity contribution < 1.29 is 5.21 Å². The van der Waals surface area contributed by atoms with E-state index in [-0.39, 0.29) is 11.4 Å². The molecule has 3 rings (SSSR count). The molecule has 1 unspecified atom stereocenters. The van der Waals surface area contributed by atoms with E-state index in [1.807, 2.05) is 50.2 Å². The molecule has 0 amide bonds. The van der Waals surface area contributed by atoms with Crippen LogP contribution in [0, 0.1) is 11.3 Å². The number of nitrogens with one attached hydrogen (secondary N) is 1. The number of fused-ring (bicyclic) bond motifs is 1. The van der Waals surface area contributed by atoms with E-state index in [9.17, 15) is 10.1 Å². The second kappa shape index (κ2) is 7.57. The van der Waals surface area contributed by atoms with Crippen LogP contribution in [-0.2, 0) is 18.3 Å². The fourth-order valence-electron chi connectivity index (χ4n) is 3.36. The van der Waals surface area contributed by atoms with Crippen molar-refractivity contribution in [1.82, 2.24) is 4.98 Å². The Balaban J connectivity index is 2.02. The number of amidine groups is 1. The molecule has 0 aliphatic carbocycles. The zero-order valence-electron chi connectivity index (χ0n) is 15.9. The van der Waals surface area contributed by atoms with Crippen molar-refractivity contribution in [2.24, 2.45) is 10.9 Å². The van der Waals surface area contributed by atoms with Crippen molar-refractivity contribution in [3.63, 3.8) is 0 Å². The number of nitriles is 1. The second-order valence-corrected chi connectivity index (χ2v) is 7.09. The third-order valence-corrected chi connectivity index (χ3v) is 5.08. The van der Waals surface area contributed by atoms with Gasteiger partial charge in [0.05, 0.1) is 11.5 Å². The van der Waals surface area contributed by atoms with E-state index in [0.29, 0.717) is 23.9 Å². The summed E-state index contributed by atoms with van der Waals surface area (Å²) < 4.78 is 0. The SMILES string of the molecule is CCc1cc2ccc(C(C)(C#N)Cc3cccc(/C(N)=N/O)c3)cc2[nH]c1=O. The van der Waals surface area contributed by atoms with Crippen LogP contribution in [0.25, 0.3) is 10.9 Å². The van der Waals surface area contributed by atoms with Crippen molar-refractivity contribution in [2.75, 3.05) is 0 Å². The van der Waals surface area contributed by atoms with Crippen molar-refractivity contribution in [3.05, 3.63) is 81.1 Å². The minimum Gasteiger partial charge on any atom is -0.409 e. The van der Waals surface area contributed by atoms with Gasteiger partial charge in [0.15, 0.2) is 5.84 Å². The van der Waals surface area contributed by atoms with Crippen molar-refractivity contribution >= 4 is 16.7 Å². The van der Waals surface area contributed by atoms with E-state index >= 15 is 0 Å². The third kappa shape index (κ3) is 3.60. The molecule has 4 N–H and O–H groups in total. The highest BCUT2D eigenvalue weighted by Gasteiger charge is 2.27. The molecule has 6 nitrogen and oxygen atoms in total. The molecule has 0 saturated heterocycles. The molecule has 0 aliphatic rings. The summed E-state index contributed by atoms with van der Waals surface area (Å²) in [7, 11) is 0. The minimum absolute atomic E-state index is 0.0236. The smallest absolute Gasteiger partial charge is 0.251 e. The molecule has 0 bridgehead atoms. The summed E-state index contributed by atoms with van der Waals surface area (Å²) in [5, 5.41) is 22.8. The van der Waals surface area contributed by atoms with E-state index in [4.69, 9.17) is 10.9 Å². The van der Waals surface area contributed by atoms with Gasteiger partial charge in [0.25, 0.3) is 5.56 Å². The van der Waals surface area contributed by atoms with Gasteiger partial charge >= 0.3 is 0 Å². The summed E-state index contributed by atoms with van der Waals surface area (Å²) in [5.41, 5.74) is 8.52.